The first-order valence-electron chi connectivity index (χ1n) is 7.26. The molecular weight excluding hydrogens is 208 g/mol. The maximum absolute atomic E-state index is 4.81. The van der Waals surface area contributed by atoms with Crippen LogP contribution < -0.4 is 0 Å². The molecule has 0 spiro atoms. The second-order valence-electron chi connectivity index (χ2n) is 4.61. The van der Waals surface area contributed by atoms with Crippen molar-refractivity contribution >= 4 is 0 Å². The van der Waals surface area contributed by atoms with Crippen molar-refractivity contribution in [3.8, 4) is 0 Å². The molecule has 0 radical (unpaired) electrons. The third-order valence-electron chi connectivity index (χ3n) is 2.94. The first-order chi connectivity index (χ1) is 8.41. The average molecular weight is 238 g/mol. The van der Waals surface area contributed by atoms with Gasteiger partial charge in [0.15, 0.2) is 0 Å². The predicted octanol–water partition coefficient (Wildman–Crippen LogP) is 5.62. The van der Waals surface area contributed by atoms with Gasteiger partial charge < -0.3 is 4.74 Å². The number of hydrogen-bond acceptors (Lipinski definition) is 1. The van der Waals surface area contributed by atoms with Crippen molar-refractivity contribution in [2.45, 2.75) is 71.1 Å². The average Bonchev–Trinajstić information content (AvgIpc) is 2.35. The van der Waals surface area contributed by atoms with E-state index >= 15 is 0 Å². The maximum atomic E-state index is 4.81. The normalized spacial score (nSPS) is 11.6. The van der Waals surface area contributed by atoms with Crippen molar-refractivity contribution in [2.24, 2.45) is 0 Å². The van der Waals surface area contributed by atoms with Crippen LogP contribution in [-0.4, -0.2) is 7.11 Å². The number of hydrogen-bond donors (Lipinski definition) is 0. The van der Waals surface area contributed by atoms with Gasteiger partial charge in [-0.05, 0) is 18.9 Å². The van der Waals surface area contributed by atoms with Crippen LogP contribution in [0.5, 0.6) is 0 Å². The van der Waals surface area contributed by atoms with Gasteiger partial charge in [0.05, 0.1) is 13.4 Å². The molecule has 0 aromatic carbocycles. The van der Waals surface area contributed by atoms with Crippen LogP contribution in [0.25, 0.3) is 0 Å². The Morgan fingerprint density at radius 2 is 1.35 bits per heavy atom. The third kappa shape index (κ3) is 15.3. The van der Waals surface area contributed by atoms with Gasteiger partial charge in [-0.15, -0.1) is 0 Å². The molecule has 0 heterocycles. The molecule has 0 bridgehead atoms. The van der Waals surface area contributed by atoms with Crippen LogP contribution in [0.1, 0.15) is 71.1 Å². The van der Waals surface area contributed by atoms with Gasteiger partial charge in [0, 0.05) is 0 Å². The molecule has 100 valence electrons. The van der Waals surface area contributed by atoms with Gasteiger partial charge in [-0.2, -0.15) is 0 Å². The van der Waals surface area contributed by atoms with E-state index in [4.69, 9.17) is 4.74 Å². The van der Waals surface area contributed by atoms with Gasteiger partial charge in [0.25, 0.3) is 0 Å². The van der Waals surface area contributed by atoms with Crippen molar-refractivity contribution in [3.63, 3.8) is 0 Å². The minimum atomic E-state index is 1.20. The lowest BCUT2D eigenvalue weighted by atomic mass is 10.1. The van der Waals surface area contributed by atoms with E-state index in [1.165, 1.54) is 64.2 Å². The van der Waals surface area contributed by atoms with Gasteiger partial charge in [0.1, 0.15) is 0 Å². The Balaban J connectivity index is 3.03. The lowest BCUT2D eigenvalue weighted by molar-refractivity contribution is 0.338. The van der Waals surface area contributed by atoms with E-state index in [0.717, 1.165) is 0 Å². The summed E-state index contributed by atoms with van der Waals surface area (Å²) < 4.78 is 4.81. The largest absolute Gasteiger partial charge is 0.504 e. The molecule has 17 heavy (non-hydrogen) atoms. The Labute approximate surface area is 108 Å². The molecule has 0 rings (SSSR count). The van der Waals surface area contributed by atoms with E-state index in [-0.39, 0.29) is 0 Å². The molecule has 0 fully saturated rings. The van der Waals surface area contributed by atoms with Crippen LogP contribution in [-0.2, 0) is 4.74 Å². The second kappa shape index (κ2) is 15.3. The molecule has 1 nitrogen and oxygen atoms in total. The number of unbranched alkanes of at least 4 members (excludes halogenated alkanes) is 9. The molecular formula is C16H30O. The molecule has 0 amide bonds. The highest BCUT2D eigenvalue weighted by atomic mass is 16.5. The van der Waals surface area contributed by atoms with Gasteiger partial charge in [-0.3, -0.25) is 0 Å². The monoisotopic (exact) mass is 238 g/mol. The minimum Gasteiger partial charge on any atom is -0.504 e. The lowest BCUT2D eigenvalue weighted by Crippen LogP contribution is -1.80. The van der Waals surface area contributed by atoms with Crippen molar-refractivity contribution in [2.75, 3.05) is 7.11 Å². The molecule has 0 unspecified atom stereocenters. The van der Waals surface area contributed by atoms with Crippen molar-refractivity contribution < 1.29 is 4.74 Å². The van der Waals surface area contributed by atoms with Crippen LogP contribution in [0, 0.1) is 0 Å². The zero-order valence-electron chi connectivity index (χ0n) is 11.8. The fourth-order valence-corrected chi connectivity index (χ4v) is 1.87. The molecule has 0 saturated heterocycles. The van der Waals surface area contributed by atoms with Crippen LogP contribution in [0.4, 0.5) is 0 Å². The lowest BCUT2D eigenvalue weighted by Gasteiger charge is -2.00. The number of ether oxygens (including phenoxy) is 1. The summed E-state index contributed by atoms with van der Waals surface area (Å²) in [6, 6.07) is 0. The van der Waals surface area contributed by atoms with E-state index < -0.39 is 0 Å². The summed E-state index contributed by atoms with van der Waals surface area (Å²) in [5.74, 6) is 0. The topological polar surface area (TPSA) is 9.23 Å². The minimum absolute atomic E-state index is 1.20. The Bertz CT molecular complexity index is 182. The highest BCUT2D eigenvalue weighted by Gasteiger charge is 1.90. The summed E-state index contributed by atoms with van der Waals surface area (Å²) >= 11 is 0. The fraction of sp³-hybridized carbons (Fsp3) is 0.750. The Morgan fingerprint density at radius 1 is 0.765 bits per heavy atom. The third-order valence-corrected chi connectivity index (χ3v) is 2.94. The van der Waals surface area contributed by atoms with E-state index in [0.29, 0.717) is 0 Å². The molecule has 0 atom stereocenters. The van der Waals surface area contributed by atoms with E-state index in [9.17, 15) is 0 Å². The predicted molar refractivity (Wildman–Crippen MR) is 77.1 cm³/mol. The zero-order chi connectivity index (χ0) is 12.6. The SMILES string of the molecule is CCCCCCCCCCC/C=C/C=C/OC. The van der Waals surface area contributed by atoms with E-state index in [1.54, 1.807) is 13.4 Å². The fourth-order valence-electron chi connectivity index (χ4n) is 1.87. The molecule has 1 heteroatoms. The summed E-state index contributed by atoms with van der Waals surface area (Å²) in [7, 11) is 1.67. The number of rotatable bonds is 12. The Morgan fingerprint density at radius 3 is 1.94 bits per heavy atom. The summed E-state index contributed by atoms with van der Waals surface area (Å²) in [4.78, 5) is 0. The molecule has 0 aliphatic carbocycles. The highest BCUT2D eigenvalue weighted by molar-refractivity contribution is 4.99. The molecule has 0 aliphatic heterocycles. The van der Waals surface area contributed by atoms with Crippen LogP contribution in [0.3, 0.4) is 0 Å². The second-order valence-corrected chi connectivity index (χ2v) is 4.61. The van der Waals surface area contributed by atoms with Gasteiger partial charge in [-0.25, -0.2) is 0 Å². The molecule has 0 N–H and O–H groups in total. The number of allylic oxidation sites excluding steroid dienone is 3. The van der Waals surface area contributed by atoms with E-state index in [1.807, 2.05) is 6.08 Å². The van der Waals surface area contributed by atoms with Crippen molar-refractivity contribution in [3.05, 3.63) is 24.5 Å². The summed E-state index contributed by atoms with van der Waals surface area (Å²) in [5, 5.41) is 0. The van der Waals surface area contributed by atoms with Crippen LogP contribution in [0.15, 0.2) is 24.5 Å². The molecule has 0 aliphatic rings. The summed E-state index contributed by atoms with van der Waals surface area (Å²) in [6.07, 6.45) is 21.7. The number of methoxy groups -OCH3 is 1. The van der Waals surface area contributed by atoms with Crippen LogP contribution >= 0.6 is 0 Å². The highest BCUT2D eigenvalue weighted by Crippen LogP contribution is 2.10. The Hall–Kier alpha value is -0.720. The van der Waals surface area contributed by atoms with Crippen molar-refractivity contribution in [1.82, 2.24) is 0 Å². The zero-order valence-corrected chi connectivity index (χ0v) is 11.8. The van der Waals surface area contributed by atoms with Gasteiger partial charge in [0.2, 0.25) is 0 Å². The maximum Gasteiger partial charge on any atom is 0.0824 e. The Kier molecular flexibility index (Phi) is 14.6. The van der Waals surface area contributed by atoms with Crippen LogP contribution in [0.2, 0.25) is 0 Å². The summed E-state index contributed by atoms with van der Waals surface area (Å²) in [6.45, 7) is 2.27. The van der Waals surface area contributed by atoms with Gasteiger partial charge in [-0.1, -0.05) is 70.4 Å². The van der Waals surface area contributed by atoms with E-state index in [2.05, 4.69) is 19.1 Å². The first kappa shape index (κ1) is 16.3. The van der Waals surface area contributed by atoms with Crippen molar-refractivity contribution in [1.29, 1.82) is 0 Å². The quantitative estimate of drug-likeness (QED) is 0.243. The van der Waals surface area contributed by atoms with Gasteiger partial charge >= 0.3 is 0 Å². The summed E-state index contributed by atoms with van der Waals surface area (Å²) in [5.41, 5.74) is 0. The molecule has 0 saturated carbocycles. The smallest absolute Gasteiger partial charge is 0.0824 e. The first-order valence-corrected chi connectivity index (χ1v) is 7.26. The molecule has 0 aromatic rings. The molecule has 0 aromatic heterocycles. The standard InChI is InChI=1S/C16H30O/c1-3-4-5-6-7-8-9-10-11-12-13-14-15-16-17-2/h13-16H,3-12H2,1-2H3/b14-13+,16-15+.